The molecule has 2 heterocycles. The Balaban J connectivity index is 1.12. The lowest BCUT2D eigenvalue weighted by atomic mass is 9.99. The standard InChI is InChI=1S/C30H42N6O4S/c1-5-24-20(2)17-36(30(24)38)28(37)13-8-14-34(3)18-23-16-27(33-35(23)4)41(39,40)32-19-31-29-25-11-6-9-21(25)15-22-10-7-12-26(22)29/h15-16,31-32H,5-14,17-19H2,1-4H3. The minimum Gasteiger partial charge on any atom is -0.371 e. The molecule has 11 heteroatoms. The van der Waals surface area contributed by atoms with E-state index in [4.69, 9.17) is 0 Å². The summed E-state index contributed by atoms with van der Waals surface area (Å²) in [6.45, 7) is 5.45. The molecule has 1 aromatic heterocycles. The molecule has 0 bridgehead atoms. The number of sulfonamides is 1. The number of aryl methyl sites for hydroxylation is 3. The summed E-state index contributed by atoms with van der Waals surface area (Å²) in [4.78, 5) is 28.4. The van der Waals surface area contributed by atoms with E-state index >= 15 is 0 Å². The maximum atomic E-state index is 13.1. The topological polar surface area (TPSA) is 117 Å². The highest BCUT2D eigenvalue weighted by atomic mass is 32.2. The van der Waals surface area contributed by atoms with E-state index in [-0.39, 0.29) is 29.9 Å². The van der Waals surface area contributed by atoms with Crippen LogP contribution in [0.1, 0.15) is 73.9 Å². The summed E-state index contributed by atoms with van der Waals surface area (Å²) in [6.07, 6.45) is 8.09. The first kappa shape index (κ1) is 29.5. The number of carbonyl (C=O) groups is 2. The van der Waals surface area contributed by atoms with Gasteiger partial charge in [-0.15, -0.1) is 0 Å². The van der Waals surface area contributed by atoms with E-state index in [1.54, 1.807) is 17.8 Å². The molecule has 3 aliphatic rings. The monoisotopic (exact) mass is 582 g/mol. The summed E-state index contributed by atoms with van der Waals surface area (Å²) in [5.41, 5.74) is 9.11. The Morgan fingerprint density at radius 2 is 1.78 bits per heavy atom. The highest BCUT2D eigenvalue weighted by molar-refractivity contribution is 7.89. The van der Waals surface area contributed by atoms with Crippen LogP contribution in [-0.2, 0) is 58.9 Å². The van der Waals surface area contributed by atoms with E-state index in [2.05, 4.69) is 21.2 Å². The number of nitrogens with zero attached hydrogens (tertiary/aromatic N) is 4. The van der Waals surface area contributed by atoms with Crippen LogP contribution < -0.4 is 10.0 Å². The predicted molar refractivity (Wildman–Crippen MR) is 158 cm³/mol. The zero-order valence-electron chi connectivity index (χ0n) is 24.7. The molecule has 0 fully saturated rings. The van der Waals surface area contributed by atoms with Crippen LogP contribution in [0.3, 0.4) is 0 Å². The number of hydrogen-bond acceptors (Lipinski definition) is 7. The molecule has 2 amide bonds. The second-order valence-corrected chi connectivity index (χ2v) is 13.3. The Morgan fingerprint density at radius 3 is 2.41 bits per heavy atom. The van der Waals surface area contributed by atoms with Gasteiger partial charge in [-0.2, -0.15) is 9.82 Å². The van der Waals surface area contributed by atoms with Crippen LogP contribution >= 0.6 is 0 Å². The molecule has 41 heavy (non-hydrogen) atoms. The van der Waals surface area contributed by atoms with Gasteiger partial charge in [-0.1, -0.05) is 13.0 Å². The predicted octanol–water partition coefficient (Wildman–Crippen LogP) is 3.05. The maximum Gasteiger partial charge on any atom is 0.261 e. The quantitative estimate of drug-likeness (QED) is 0.370. The van der Waals surface area contributed by atoms with Gasteiger partial charge < -0.3 is 10.2 Å². The Labute approximate surface area is 243 Å². The van der Waals surface area contributed by atoms with Gasteiger partial charge in [0.1, 0.15) is 0 Å². The largest absolute Gasteiger partial charge is 0.371 e. The number of anilines is 1. The Bertz CT molecular complexity index is 1460. The number of carbonyl (C=O) groups excluding carboxylic acids is 2. The van der Waals surface area contributed by atoms with Gasteiger partial charge in [-0.3, -0.25) is 19.2 Å². The van der Waals surface area contributed by atoms with Crippen molar-refractivity contribution in [1.82, 2.24) is 24.3 Å². The third kappa shape index (κ3) is 6.12. The summed E-state index contributed by atoms with van der Waals surface area (Å²) >= 11 is 0. The van der Waals surface area contributed by atoms with E-state index in [0.29, 0.717) is 32.5 Å². The Hall–Kier alpha value is -3.02. The van der Waals surface area contributed by atoms with Crippen molar-refractivity contribution in [3.63, 3.8) is 0 Å². The number of aromatic nitrogens is 2. The second kappa shape index (κ2) is 12.1. The van der Waals surface area contributed by atoms with E-state index in [1.807, 2.05) is 25.8 Å². The number of amides is 2. The molecule has 2 aromatic rings. The molecule has 0 atom stereocenters. The molecular formula is C30H42N6O4S. The molecule has 1 aromatic carbocycles. The van der Waals surface area contributed by atoms with Crippen molar-refractivity contribution >= 4 is 27.5 Å². The number of imide groups is 1. The zero-order valence-corrected chi connectivity index (χ0v) is 25.5. The minimum atomic E-state index is -3.80. The van der Waals surface area contributed by atoms with Gasteiger partial charge in [0.25, 0.3) is 15.9 Å². The van der Waals surface area contributed by atoms with Gasteiger partial charge in [0.15, 0.2) is 5.03 Å². The van der Waals surface area contributed by atoms with Crippen LogP contribution in [0.25, 0.3) is 0 Å². The van der Waals surface area contributed by atoms with Crippen molar-refractivity contribution in [1.29, 1.82) is 0 Å². The van der Waals surface area contributed by atoms with Crippen molar-refractivity contribution in [2.45, 2.75) is 83.2 Å². The molecule has 222 valence electrons. The molecule has 0 saturated carbocycles. The molecule has 0 radical (unpaired) electrons. The highest BCUT2D eigenvalue weighted by Crippen LogP contribution is 2.38. The van der Waals surface area contributed by atoms with Crippen molar-refractivity contribution in [3.8, 4) is 0 Å². The molecule has 1 aliphatic heterocycles. The fourth-order valence-corrected chi connectivity index (χ4v) is 7.41. The summed E-state index contributed by atoms with van der Waals surface area (Å²) in [7, 11) is -0.140. The van der Waals surface area contributed by atoms with Crippen molar-refractivity contribution in [3.05, 3.63) is 51.2 Å². The average Bonchev–Trinajstić information content (AvgIpc) is 3.71. The van der Waals surface area contributed by atoms with Crippen LogP contribution in [0.5, 0.6) is 0 Å². The van der Waals surface area contributed by atoms with Crippen molar-refractivity contribution < 1.29 is 18.0 Å². The average molecular weight is 583 g/mol. The smallest absolute Gasteiger partial charge is 0.261 e. The van der Waals surface area contributed by atoms with Gasteiger partial charge >= 0.3 is 0 Å². The van der Waals surface area contributed by atoms with Crippen molar-refractivity contribution in [2.75, 3.05) is 32.1 Å². The van der Waals surface area contributed by atoms with Crippen molar-refractivity contribution in [2.24, 2.45) is 7.05 Å². The van der Waals surface area contributed by atoms with E-state index in [9.17, 15) is 18.0 Å². The number of hydrogen-bond donors (Lipinski definition) is 2. The summed E-state index contributed by atoms with van der Waals surface area (Å²) in [5.74, 6) is -0.308. The van der Waals surface area contributed by atoms with Crippen LogP contribution in [0.15, 0.2) is 28.3 Å². The first-order valence-electron chi connectivity index (χ1n) is 14.7. The molecule has 0 spiro atoms. The molecule has 5 rings (SSSR count). The highest BCUT2D eigenvalue weighted by Gasteiger charge is 2.31. The fraction of sp³-hybridized carbons (Fsp3) is 0.567. The van der Waals surface area contributed by atoms with Gasteiger partial charge in [0, 0.05) is 37.3 Å². The van der Waals surface area contributed by atoms with E-state index in [1.165, 1.54) is 27.2 Å². The number of benzene rings is 1. The van der Waals surface area contributed by atoms with Crippen LogP contribution in [0.2, 0.25) is 0 Å². The molecule has 10 nitrogen and oxygen atoms in total. The van der Waals surface area contributed by atoms with Crippen LogP contribution in [-0.4, -0.2) is 66.6 Å². The maximum absolute atomic E-state index is 13.1. The molecular weight excluding hydrogens is 540 g/mol. The number of nitrogens with one attached hydrogen (secondary N) is 2. The normalized spacial score (nSPS) is 16.7. The number of rotatable bonds is 12. The van der Waals surface area contributed by atoms with Gasteiger partial charge in [0.2, 0.25) is 5.91 Å². The molecule has 0 saturated heterocycles. The summed E-state index contributed by atoms with van der Waals surface area (Å²) in [6, 6.07) is 3.96. The van der Waals surface area contributed by atoms with E-state index < -0.39 is 10.0 Å². The lowest BCUT2D eigenvalue weighted by molar-refractivity contribution is -0.141. The fourth-order valence-electron chi connectivity index (χ4n) is 6.47. The van der Waals surface area contributed by atoms with Crippen LogP contribution in [0.4, 0.5) is 5.69 Å². The SMILES string of the molecule is CCC1=C(C)CN(C(=O)CCCN(C)Cc2cc(S(=O)(=O)NCNc3c4c(cc5c3CCC5)CCC4)nn2C)C1=O. The second-order valence-electron chi connectivity index (χ2n) is 11.6. The zero-order chi connectivity index (χ0) is 29.3. The summed E-state index contributed by atoms with van der Waals surface area (Å²) in [5, 5.41) is 7.67. The third-order valence-corrected chi connectivity index (χ3v) is 9.94. The van der Waals surface area contributed by atoms with E-state index in [0.717, 1.165) is 61.1 Å². The van der Waals surface area contributed by atoms with Gasteiger partial charge in [-0.25, -0.2) is 8.42 Å². The third-order valence-electron chi connectivity index (χ3n) is 8.66. The summed E-state index contributed by atoms with van der Waals surface area (Å²) < 4.78 is 30.5. The molecule has 0 unspecified atom stereocenters. The Kier molecular flexibility index (Phi) is 8.68. The molecule has 2 N–H and O–H groups in total. The first-order chi connectivity index (χ1) is 19.6. The van der Waals surface area contributed by atoms with Crippen LogP contribution in [0, 0.1) is 0 Å². The lowest BCUT2D eigenvalue weighted by Crippen LogP contribution is -2.34. The lowest BCUT2D eigenvalue weighted by Gasteiger charge is -2.18. The number of fused-ring (bicyclic) bond motifs is 2. The molecule has 2 aliphatic carbocycles. The van der Waals surface area contributed by atoms with Gasteiger partial charge in [0.05, 0.1) is 18.9 Å². The van der Waals surface area contributed by atoms with Gasteiger partial charge in [-0.05, 0) is 99.7 Å². The minimum absolute atomic E-state index is 0.00830. The Morgan fingerprint density at radius 1 is 1.10 bits per heavy atom. The first-order valence-corrected chi connectivity index (χ1v) is 16.2.